The van der Waals surface area contributed by atoms with Crippen molar-refractivity contribution in [2.24, 2.45) is 5.92 Å². The SMILES string of the molecule is CCC(C)c1cncc(N2CCC(C)CC2)n1. The first-order valence-corrected chi connectivity index (χ1v) is 6.77. The highest BCUT2D eigenvalue weighted by molar-refractivity contribution is 5.37. The summed E-state index contributed by atoms with van der Waals surface area (Å²) >= 11 is 0. The van der Waals surface area contributed by atoms with Crippen LogP contribution in [0.3, 0.4) is 0 Å². The lowest BCUT2D eigenvalue weighted by atomic mass is 9.99. The number of aromatic nitrogens is 2. The zero-order chi connectivity index (χ0) is 12.3. The molecule has 1 atom stereocenters. The molecular weight excluding hydrogens is 210 g/mol. The van der Waals surface area contributed by atoms with Crippen molar-refractivity contribution >= 4 is 5.82 Å². The summed E-state index contributed by atoms with van der Waals surface area (Å²) in [4.78, 5) is 11.5. The molecule has 1 aromatic heterocycles. The van der Waals surface area contributed by atoms with Gasteiger partial charge in [0.05, 0.1) is 11.9 Å². The van der Waals surface area contributed by atoms with Crippen LogP contribution in [-0.2, 0) is 0 Å². The van der Waals surface area contributed by atoms with Crippen LogP contribution in [0.25, 0.3) is 0 Å². The average Bonchev–Trinajstić information content (AvgIpc) is 2.39. The molecule has 2 heterocycles. The minimum absolute atomic E-state index is 0.506. The third kappa shape index (κ3) is 2.96. The van der Waals surface area contributed by atoms with Crippen molar-refractivity contribution in [3.05, 3.63) is 18.1 Å². The first-order chi connectivity index (χ1) is 8.20. The van der Waals surface area contributed by atoms with E-state index in [9.17, 15) is 0 Å². The first-order valence-electron chi connectivity index (χ1n) is 6.77. The second kappa shape index (κ2) is 5.48. The van der Waals surface area contributed by atoms with Crippen molar-refractivity contribution in [1.29, 1.82) is 0 Å². The molecular formula is C14H23N3. The molecule has 1 aliphatic rings. The molecule has 1 fully saturated rings. The first kappa shape index (κ1) is 12.3. The van der Waals surface area contributed by atoms with Gasteiger partial charge in [-0.2, -0.15) is 0 Å². The zero-order valence-corrected chi connectivity index (χ0v) is 11.2. The van der Waals surface area contributed by atoms with E-state index in [4.69, 9.17) is 4.98 Å². The van der Waals surface area contributed by atoms with E-state index >= 15 is 0 Å². The molecule has 17 heavy (non-hydrogen) atoms. The molecule has 0 saturated carbocycles. The van der Waals surface area contributed by atoms with Crippen LogP contribution in [0.1, 0.15) is 51.6 Å². The molecule has 94 valence electrons. The highest BCUT2D eigenvalue weighted by atomic mass is 15.2. The number of hydrogen-bond donors (Lipinski definition) is 0. The topological polar surface area (TPSA) is 29.0 Å². The van der Waals surface area contributed by atoms with Crippen molar-refractivity contribution in [3.8, 4) is 0 Å². The van der Waals surface area contributed by atoms with Gasteiger partial charge in [-0.05, 0) is 31.1 Å². The van der Waals surface area contributed by atoms with Gasteiger partial charge in [0.25, 0.3) is 0 Å². The molecule has 1 aliphatic heterocycles. The quantitative estimate of drug-likeness (QED) is 0.802. The Bertz CT molecular complexity index is 356. The lowest BCUT2D eigenvalue weighted by Gasteiger charge is -2.31. The normalized spacial score (nSPS) is 19.4. The molecule has 0 aliphatic carbocycles. The molecule has 0 aromatic carbocycles. The van der Waals surface area contributed by atoms with Gasteiger partial charge in [0.2, 0.25) is 0 Å². The van der Waals surface area contributed by atoms with Crippen LogP contribution < -0.4 is 4.90 Å². The highest BCUT2D eigenvalue weighted by Gasteiger charge is 2.17. The Morgan fingerprint density at radius 3 is 2.71 bits per heavy atom. The number of anilines is 1. The predicted octanol–water partition coefficient (Wildman–Crippen LogP) is 3.23. The largest absolute Gasteiger partial charge is 0.355 e. The van der Waals surface area contributed by atoms with Crippen molar-refractivity contribution < 1.29 is 0 Å². The summed E-state index contributed by atoms with van der Waals surface area (Å²) in [7, 11) is 0. The van der Waals surface area contributed by atoms with E-state index in [0.717, 1.165) is 36.9 Å². The molecule has 3 nitrogen and oxygen atoms in total. The Hall–Kier alpha value is -1.12. The molecule has 0 N–H and O–H groups in total. The fraction of sp³-hybridized carbons (Fsp3) is 0.714. The van der Waals surface area contributed by atoms with E-state index in [2.05, 4.69) is 30.7 Å². The summed E-state index contributed by atoms with van der Waals surface area (Å²) < 4.78 is 0. The smallest absolute Gasteiger partial charge is 0.147 e. The Morgan fingerprint density at radius 1 is 1.35 bits per heavy atom. The summed E-state index contributed by atoms with van der Waals surface area (Å²) in [5.74, 6) is 2.43. The van der Waals surface area contributed by atoms with E-state index in [1.807, 2.05) is 12.4 Å². The van der Waals surface area contributed by atoms with Gasteiger partial charge >= 0.3 is 0 Å². The van der Waals surface area contributed by atoms with Crippen LogP contribution in [0.2, 0.25) is 0 Å². The van der Waals surface area contributed by atoms with Gasteiger partial charge in [0.1, 0.15) is 5.82 Å². The van der Waals surface area contributed by atoms with Crippen LogP contribution in [0, 0.1) is 5.92 Å². The molecule has 1 saturated heterocycles. The summed E-state index contributed by atoms with van der Waals surface area (Å²) in [6.45, 7) is 8.99. The summed E-state index contributed by atoms with van der Waals surface area (Å²) in [5.41, 5.74) is 1.13. The fourth-order valence-electron chi connectivity index (χ4n) is 2.21. The average molecular weight is 233 g/mol. The molecule has 0 spiro atoms. The molecule has 1 unspecified atom stereocenters. The molecule has 0 bridgehead atoms. The van der Waals surface area contributed by atoms with Gasteiger partial charge < -0.3 is 4.90 Å². The number of nitrogens with zero attached hydrogens (tertiary/aromatic N) is 3. The van der Waals surface area contributed by atoms with Crippen molar-refractivity contribution in [3.63, 3.8) is 0 Å². The molecule has 2 rings (SSSR count). The second-order valence-corrected chi connectivity index (χ2v) is 5.28. The summed E-state index contributed by atoms with van der Waals surface area (Å²) in [5, 5.41) is 0. The van der Waals surface area contributed by atoms with E-state index in [1.165, 1.54) is 12.8 Å². The maximum atomic E-state index is 4.76. The standard InChI is InChI=1S/C14H23N3/c1-4-12(3)13-9-15-10-14(16-13)17-7-5-11(2)6-8-17/h9-12H,4-8H2,1-3H3. The lowest BCUT2D eigenvalue weighted by molar-refractivity contribution is 0.436. The van der Waals surface area contributed by atoms with E-state index < -0.39 is 0 Å². The van der Waals surface area contributed by atoms with Gasteiger partial charge in [0, 0.05) is 19.3 Å². The highest BCUT2D eigenvalue weighted by Crippen LogP contribution is 2.23. The van der Waals surface area contributed by atoms with Crippen molar-refractivity contribution in [1.82, 2.24) is 9.97 Å². The third-order valence-corrected chi connectivity index (χ3v) is 3.87. The zero-order valence-electron chi connectivity index (χ0n) is 11.2. The minimum atomic E-state index is 0.506. The number of rotatable bonds is 3. The Kier molecular flexibility index (Phi) is 3.97. The van der Waals surface area contributed by atoms with Crippen LogP contribution in [0.15, 0.2) is 12.4 Å². The Balaban J connectivity index is 2.10. The van der Waals surface area contributed by atoms with Gasteiger partial charge in [0.15, 0.2) is 0 Å². The number of piperidine rings is 1. The van der Waals surface area contributed by atoms with Crippen LogP contribution in [0.4, 0.5) is 5.82 Å². The van der Waals surface area contributed by atoms with Crippen molar-refractivity contribution in [2.75, 3.05) is 18.0 Å². The summed E-state index contributed by atoms with van der Waals surface area (Å²) in [6, 6.07) is 0. The van der Waals surface area contributed by atoms with Crippen LogP contribution >= 0.6 is 0 Å². The molecule has 3 heteroatoms. The van der Waals surface area contributed by atoms with Crippen LogP contribution in [0.5, 0.6) is 0 Å². The third-order valence-electron chi connectivity index (χ3n) is 3.87. The summed E-state index contributed by atoms with van der Waals surface area (Å²) in [6.07, 6.45) is 7.48. The molecule has 0 radical (unpaired) electrons. The molecule has 1 aromatic rings. The van der Waals surface area contributed by atoms with Crippen molar-refractivity contribution in [2.45, 2.75) is 46.0 Å². The minimum Gasteiger partial charge on any atom is -0.355 e. The van der Waals surface area contributed by atoms with Gasteiger partial charge in [-0.3, -0.25) is 4.98 Å². The van der Waals surface area contributed by atoms with Gasteiger partial charge in [-0.1, -0.05) is 20.8 Å². The Morgan fingerprint density at radius 2 is 2.06 bits per heavy atom. The lowest BCUT2D eigenvalue weighted by Crippen LogP contribution is -2.33. The van der Waals surface area contributed by atoms with Crippen LogP contribution in [-0.4, -0.2) is 23.1 Å². The maximum absolute atomic E-state index is 4.76. The second-order valence-electron chi connectivity index (χ2n) is 5.28. The monoisotopic (exact) mass is 233 g/mol. The van der Waals surface area contributed by atoms with E-state index in [0.29, 0.717) is 5.92 Å². The van der Waals surface area contributed by atoms with E-state index in [-0.39, 0.29) is 0 Å². The Labute approximate surface area is 104 Å². The van der Waals surface area contributed by atoms with Gasteiger partial charge in [-0.15, -0.1) is 0 Å². The van der Waals surface area contributed by atoms with Gasteiger partial charge in [-0.25, -0.2) is 4.98 Å². The fourth-order valence-corrected chi connectivity index (χ4v) is 2.21. The van der Waals surface area contributed by atoms with E-state index in [1.54, 1.807) is 0 Å². The predicted molar refractivity (Wildman–Crippen MR) is 71.3 cm³/mol. The molecule has 0 amide bonds. The maximum Gasteiger partial charge on any atom is 0.147 e. The number of hydrogen-bond acceptors (Lipinski definition) is 3.